The Morgan fingerprint density at radius 1 is 1.03 bits per heavy atom. The third-order valence-corrected chi connectivity index (χ3v) is 7.20. The predicted octanol–water partition coefficient (Wildman–Crippen LogP) is 4.26. The lowest BCUT2D eigenvalue weighted by atomic mass is 10.2. The summed E-state index contributed by atoms with van der Waals surface area (Å²) in [6.45, 7) is 1.82. The number of benzene rings is 3. The van der Waals surface area contributed by atoms with Crippen LogP contribution in [0.5, 0.6) is 11.5 Å². The largest absolute Gasteiger partial charge is 0.454 e. The van der Waals surface area contributed by atoms with E-state index in [1.807, 2.05) is 0 Å². The highest BCUT2D eigenvalue weighted by molar-refractivity contribution is 7.91. The van der Waals surface area contributed by atoms with Crippen LogP contribution in [-0.4, -0.2) is 27.7 Å². The molecule has 9 heteroatoms. The van der Waals surface area contributed by atoms with Crippen LogP contribution in [0, 0.1) is 6.92 Å². The third kappa shape index (κ3) is 4.30. The summed E-state index contributed by atoms with van der Waals surface area (Å²) in [5.41, 5.74) is 1.68. The first kappa shape index (κ1) is 21.0. The van der Waals surface area contributed by atoms with Gasteiger partial charge in [0, 0.05) is 17.4 Å². The van der Waals surface area contributed by atoms with Crippen molar-refractivity contribution in [3.63, 3.8) is 0 Å². The van der Waals surface area contributed by atoms with E-state index in [9.17, 15) is 13.2 Å². The molecule has 2 N–H and O–H groups in total. The van der Waals surface area contributed by atoms with Gasteiger partial charge in [-0.3, -0.25) is 4.79 Å². The van der Waals surface area contributed by atoms with Crippen molar-refractivity contribution in [1.29, 1.82) is 0 Å². The van der Waals surface area contributed by atoms with E-state index in [0.717, 1.165) is 0 Å². The Hall–Kier alpha value is -3.23. The molecule has 1 amide bonds. The van der Waals surface area contributed by atoms with Crippen molar-refractivity contribution in [3.8, 4) is 11.5 Å². The summed E-state index contributed by atoms with van der Waals surface area (Å²) >= 11 is 6.39. The molecule has 1 heterocycles. The quantitative estimate of drug-likeness (QED) is 0.573. The van der Waals surface area contributed by atoms with Gasteiger partial charge in [0.15, 0.2) is 11.5 Å². The maximum Gasteiger partial charge on any atom is 0.243 e. The molecule has 0 atom stereocenters. The molecule has 0 aromatic heterocycles. The number of sulfone groups is 1. The fraction of sp³-hybridized carbons (Fsp3) is 0.136. The van der Waals surface area contributed by atoms with E-state index in [0.29, 0.717) is 28.4 Å². The van der Waals surface area contributed by atoms with Gasteiger partial charge in [0.2, 0.25) is 22.5 Å². The summed E-state index contributed by atoms with van der Waals surface area (Å²) in [6.07, 6.45) is 0. The molecular formula is C22H19ClN2O5S. The molecule has 0 unspecified atom stereocenters. The van der Waals surface area contributed by atoms with Crippen molar-refractivity contribution in [2.75, 3.05) is 24.0 Å². The molecule has 0 radical (unpaired) electrons. The third-order valence-electron chi connectivity index (χ3n) is 4.79. The van der Waals surface area contributed by atoms with Crippen LogP contribution in [0.25, 0.3) is 0 Å². The highest BCUT2D eigenvalue weighted by Gasteiger charge is 2.23. The van der Waals surface area contributed by atoms with E-state index < -0.39 is 9.84 Å². The summed E-state index contributed by atoms with van der Waals surface area (Å²) < 4.78 is 36.3. The molecular weight excluding hydrogens is 440 g/mol. The first-order valence-electron chi connectivity index (χ1n) is 9.39. The average molecular weight is 459 g/mol. The van der Waals surface area contributed by atoms with Gasteiger partial charge in [-0.1, -0.05) is 29.8 Å². The molecule has 3 aromatic carbocycles. The van der Waals surface area contributed by atoms with Crippen LogP contribution in [0.3, 0.4) is 0 Å². The number of fused-ring (bicyclic) bond motifs is 1. The Labute approximate surface area is 184 Å². The number of halogens is 1. The minimum absolute atomic E-state index is 0.0215. The van der Waals surface area contributed by atoms with Crippen molar-refractivity contribution in [2.45, 2.75) is 16.7 Å². The normalized spacial score (nSPS) is 12.5. The van der Waals surface area contributed by atoms with E-state index in [1.54, 1.807) is 49.4 Å². The van der Waals surface area contributed by atoms with E-state index >= 15 is 0 Å². The van der Waals surface area contributed by atoms with Crippen molar-refractivity contribution >= 4 is 38.7 Å². The SMILES string of the molecule is Cc1c(NCC(=O)Nc2ccc3c(c2)OCO3)ccc(S(=O)(=O)c2ccccc2)c1Cl. The van der Waals surface area contributed by atoms with Gasteiger partial charge < -0.3 is 20.1 Å². The minimum atomic E-state index is -3.75. The van der Waals surface area contributed by atoms with Gasteiger partial charge in [-0.25, -0.2) is 8.42 Å². The van der Waals surface area contributed by atoms with Gasteiger partial charge in [-0.05, 0) is 48.9 Å². The molecule has 7 nitrogen and oxygen atoms in total. The first-order chi connectivity index (χ1) is 14.9. The molecule has 1 aliphatic heterocycles. The Morgan fingerprint density at radius 2 is 1.77 bits per heavy atom. The zero-order chi connectivity index (χ0) is 22.0. The Balaban J connectivity index is 1.46. The fourth-order valence-electron chi connectivity index (χ4n) is 3.14. The highest BCUT2D eigenvalue weighted by atomic mass is 35.5. The molecule has 31 heavy (non-hydrogen) atoms. The van der Waals surface area contributed by atoms with Crippen LogP contribution >= 0.6 is 11.6 Å². The number of anilines is 2. The summed E-state index contributed by atoms with van der Waals surface area (Å²) in [5, 5.41) is 5.88. The second-order valence-corrected chi connectivity index (χ2v) is 9.13. The van der Waals surface area contributed by atoms with Gasteiger partial charge in [0.05, 0.1) is 21.4 Å². The number of rotatable bonds is 6. The molecule has 0 bridgehead atoms. The zero-order valence-electron chi connectivity index (χ0n) is 16.5. The summed E-state index contributed by atoms with van der Waals surface area (Å²) in [4.78, 5) is 12.5. The van der Waals surface area contributed by atoms with Gasteiger partial charge in [0.1, 0.15) is 0 Å². The average Bonchev–Trinajstić information content (AvgIpc) is 3.23. The van der Waals surface area contributed by atoms with Crippen LogP contribution in [-0.2, 0) is 14.6 Å². The predicted molar refractivity (Wildman–Crippen MR) is 118 cm³/mol. The molecule has 0 aliphatic carbocycles. The van der Waals surface area contributed by atoms with E-state index in [2.05, 4.69) is 10.6 Å². The number of hydrogen-bond acceptors (Lipinski definition) is 6. The minimum Gasteiger partial charge on any atom is -0.454 e. The summed E-state index contributed by atoms with van der Waals surface area (Å²) in [7, 11) is -3.75. The van der Waals surface area contributed by atoms with Crippen LogP contribution in [0.1, 0.15) is 5.56 Å². The number of nitrogens with one attached hydrogen (secondary N) is 2. The van der Waals surface area contributed by atoms with Gasteiger partial charge >= 0.3 is 0 Å². The maximum absolute atomic E-state index is 12.9. The van der Waals surface area contributed by atoms with E-state index in [4.69, 9.17) is 21.1 Å². The summed E-state index contributed by atoms with van der Waals surface area (Å²) in [5.74, 6) is 0.922. The lowest BCUT2D eigenvalue weighted by Gasteiger charge is -2.14. The molecule has 160 valence electrons. The number of carbonyl (C=O) groups excluding carboxylic acids is 1. The maximum atomic E-state index is 12.9. The van der Waals surface area contributed by atoms with Crippen LogP contribution in [0.4, 0.5) is 11.4 Å². The molecule has 4 rings (SSSR count). The molecule has 0 spiro atoms. The first-order valence-corrected chi connectivity index (χ1v) is 11.2. The molecule has 0 saturated carbocycles. The van der Waals surface area contributed by atoms with E-state index in [1.165, 1.54) is 18.2 Å². The van der Waals surface area contributed by atoms with Gasteiger partial charge in [-0.15, -0.1) is 0 Å². The second-order valence-electron chi connectivity index (χ2n) is 6.84. The number of hydrogen-bond donors (Lipinski definition) is 2. The van der Waals surface area contributed by atoms with Crippen molar-refractivity contribution in [3.05, 3.63) is 71.2 Å². The van der Waals surface area contributed by atoms with Gasteiger partial charge in [-0.2, -0.15) is 0 Å². The van der Waals surface area contributed by atoms with Crippen molar-refractivity contribution in [1.82, 2.24) is 0 Å². The monoisotopic (exact) mass is 458 g/mol. The Morgan fingerprint density at radius 3 is 2.55 bits per heavy atom. The number of amides is 1. The highest BCUT2D eigenvalue weighted by Crippen LogP contribution is 2.35. The van der Waals surface area contributed by atoms with Crippen molar-refractivity contribution in [2.24, 2.45) is 0 Å². The summed E-state index contributed by atoms with van der Waals surface area (Å²) in [6, 6.07) is 16.3. The smallest absolute Gasteiger partial charge is 0.243 e. The molecule has 0 saturated heterocycles. The number of carbonyl (C=O) groups is 1. The van der Waals surface area contributed by atoms with Crippen LogP contribution < -0.4 is 20.1 Å². The molecule has 3 aromatic rings. The second kappa shape index (κ2) is 8.49. The van der Waals surface area contributed by atoms with Crippen LogP contribution in [0.15, 0.2) is 70.5 Å². The van der Waals surface area contributed by atoms with Crippen LogP contribution in [0.2, 0.25) is 5.02 Å². The topological polar surface area (TPSA) is 93.7 Å². The zero-order valence-corrected chi connectivity index (χ0v) is 18.1. The lowest BCUT2D eigenvalue weighted by Crippen LogP contribution is -2.22. The van der Waals surface area contributed by atoms with E-state index in [-0.39, 0.29) is 34.1 Å². The Kier molecular flexibility index (Phi) is 5.75. The lowest BCUT2D eigenvalue weighted by molar-refractivity contribution is -0.114. The van der Waals surface area contributed by atoms with Crippen molar-refractivity contribution < 1.29 is 22.7 Å². The number of ether oxygens (including phenoxy) is 2. The molecule has 0 fully saturated rings. The fourth-order valence-corrected chi connectivity index (χ4v) is 5.02. The standard InChI is InChI=1S/C22H19ClN2O5S/c1-14-17(8-10-20(22(14)23)31(27,28)16-5-3-2-4-6-16)24-12-21(26)25-15-7-9-18-19(11-15)30-13-29-18/h2-11,24H,12-13H2,1H3,(H,25,26). The Bertz CT molecular complexity index is 1250. The molecule has 1 aliphatic rings. The van der Waals surface area contributed by atoms with Gasteiger partial charge in [0.25, 0.3) is 0 Å².